The molecule has 8 nitrogen and oxygen atoms in total. The molecule has 0 aliphatic rings. The van der Waals surface area contributed by atoms with Crippen LogP contribution in [0, 0.1) is 0 Å². The van der Waals surface area contributed by atoms with E-state index in [-0.39, 0.29) is 35.6 Å². The first-order valence-corrected chi connectivity index (χ1v) is 5.99. The zero-order valence-electron chi connectivity index (χ0n) is 9.75. The van der Waals surface area contributed by atoms with E-state index in [1.165, 1.54) is 12.7 Å². The molecular weight excluding hydrogens is 311 g/mol. The van der Waals surface area contributed by atoms with Gasteiger partial charge < -0.3 is 0 Å². The van der Waals surface area contributed by atoms with Gasteiger partial charge in [-0.15, -0.1) is 0 Å². The second-order valence-electron chi connectivity index (χ2n) is 3.94. The standard InChI is InChI=1S/C10H6Cl2N4O4/c11-19-1-5-7-9(17)16-4-14-6(2-20-12)8(16)10(18)15(7)3-13-5/h3-4H,1-2H2. The highest BCUT2D eigenvalue weighted by Gasteiger charge is 2.18. The molecule has 0 radical (unpaired) electrons. The van der Waals surface area contributed by atoms with Crippen molar-refractivity contribution in [2.45, 2.75) is 13.2 Å². The molecule has 0 atom stereocenters. The third-order valence-corrected chi connectivity index (χ3v) is 3.13. The summed E-state index contributed by atoms with van der Waals surface area (Å²) < 4.78 is 11.1. The monoisotopic (exact) mass is 316 g/mol. The third kappa shape index (κ3) is 1.77. The highest BCUT2D eigenvalue weighted by Crippen LogP contribution is 2.10. The van der Waals surface area contributed by atoms with Gasteiger partial charge >= 0.3 is 0 Å². The van der Waals surface area contributed by atoms with Crippen molar-refractivity contribution in [1.29, 1.82) is 0 Å². The predicted molar refractivity (Wildman–Crippen MR) is 69.0 cm³/mol. The van der Waals surface area contributed by atoms with Gasteiger partial charge in [-0.25, -0.2) is 9.97 Å². The van der Waals surface area contributed by atoms with E-state index < -0.39 is 11.1 Å². The van der Waals surface area contributed by atoms with Crippen LogP contribution in [-0.4, -0.2) is 18.8 Å². The fourth-order valence-corrected chi connectivity index (χ4v) is 2.28. The average Bonchev–Trinajstić information content (AvgIpc) is 3.02. The van der Waals surface area contributed by atoms with E-state index >= 15 is 0 Å². The van der Waals surface area contributed by atoms with E-state index in [1.54, 1.807) is 0 Å². The Hall–Kier alpha value is -1.74. The summed E-state index contributed by atoms with van der Waals surface area (Å²) in [4.78, 5) is 32.6. The molecule has 0 fully saturated rings. The van der Waals surface area contributed by atoms with E-state index in [9.17, 15) is 9.59 Å². The van der Waals surface area contributed by atoms with E-state index in [0.29, 0.717) is 0 Å². The molecule has 0 saturated heterocycles. The van der Waals surface area contributed by atoms with Crippen molar-refractivity contribution in [2.75, 3.05) is 0 Å². The normalized spacial score (nSPS) is 11.7. The van der Waals surface area contributed by atoms with Crippen molar-refractivity contribution in [3.05, 3.63) is 44.8 Å². The molecule has 0 amide bonds. The van der Waals surface area contributed by atoms with Gasteiger partial charge in [0, 0.05) is 0 Å². The molecule has 0 unspecified atom stereocenters. The van der Waals surface area contributed by atoms with Crippen molar-refractivity contribution in [3.8, 4) is 0 Å². The van der Waals surface area contributed by atoms with Gasteiger partial charge in [-0.1, -0.05) is 0 Å². The zero-order valence-corrected chi connectivity index (χ0v) is 11.3. The molecule has 0 aliphatic heterocycles. The molecular formula is C10H6Cl2N4O4. The Morgan fingerprint density at radius 1 is 0.900 bits per heavy atom. The lowest BCUT2D eigenvalue weighted by atomic mass is 10.3. The molecule has 0 saturated carbocycles. The molecule has 0 N–H and O–H groups in total. The van der Waals surface area contributed by atoms with E-state index in [2.05, 4.69) is 18.5 Å². The van der Waals surface area contributed by atoms with Crippen molar-refractivity contribution >= 4 is 34.8 Å². The molecule has 20 heavy (non-hydrogen) atoms. The van der Waals surface area contributed by atoms with Gasteiger partial charge in [0.25, 0.3) is 11.1 Å². The van der Waals surface area contributed by atoms with Crippen LogP contribution >= 0.6 is 23.7 Å². The number of rotatable bonds is 4. The summed E-state index contributed by atoms with van der Waals surface area (Å²) in [7, 11) is 0. The number of halogens is 2. The minimum atomic E-state index is -0.450. The van der Waals surface area contributed by atoms with Crippen LogP contribution in [0.5, 0.6) is 0 Å². The summed E-state index contributed by atoms with van der Waals surface area (Å²) in [6.07, 6.45) is 2.48. The second-order valence-corrected chi connectivity index (χ2v) is 4.37. The van der Waals surface area contributed by atoms with Gasteiger partial charge in [0.2, 0.25) is 0 Å². The number of fused-ring (bicyclic) bond motifs is 2. The van der Waals surface area contributed by atoms with Crippen LogP contribution < -0.4 is 11.1 Å². The number of nitrogens with zero attached hydrogens (tertiary/aromatic N) is 4. The smallest absolute Gasteiger partial charge is 0.273 e. The molecule has 0 aliphatic carbocycles. The maximum atomic E-state index is 12.4. The molecule has 3 aromatic heterocycles. The lowest BCUT2D eigenvalue weighted by Crippen LogP contribution is -2.26. The first kappa shape index (κ1) is 13.3. The Morgan fingerprint density at radius 2 is 1.30 bits per heavy atom. The zero-order chi connectivity index (χ0) is 14.3. The van der Waals surface area contributed by atoms with E-state index in [1.807, 2.05) is 0 Å². The number of hydrogen-bond donors (Lipinski definition) is 0. The fourth-order valence-electron chi connectivity index (χ4n) is 2.07. The maximum Gasteiger partial charge on any atom is 0.282 e. The first-order valence-electron chi connectivity index (χ1n) is 5.38. The Bertz CT molecular complexity index is 816. The Kier molecular flexibility index (Phi) is 3.30. The van der Waals surface area contributed by atoms with Crippen LogP contribution in [0.4, 0.5) is 0 Å². The molecule has 0 spiro atoms. The van der Waals surface area contributed by atoms with Gasteiger partial charge in [0.15, 0.2) is 0 Å². The van der Waals surface area contributed by atoms with Gasteiger partial charge in [-0.3, -0.25) is 27.0 Å². The van der Waals surface area contributed by atoms with Crippen molar-refractivity contribution < 1.29 is 8.58 Å². The summed E-state index contributed by atoms with van der Waals surface area (Å²) in [6, 6.07) is 0. The summed E-state index contributed by atoms with van der Waals surface area (Å²) in [5.74, 6) is 0. The highest BCUT2D eigenvalue weighted by atomic mass is 35.5. The molecule has 10 heteroatoms. The van der Waals surface area contributed by atoms with Crippen molar-refractivity contribution in [1.82, 2.24) is 18.8 Å². The molecule has 3 heterocycles. The predicted octanol–water partition coefficient (Wildman–Crippen LogP) is 0.481. The van der Waals surface area contributed by atoms with Gasteiger partial charge in [0.05, 0.1) is 35.1 Å². The Labute approximate surface area is 120 Å². The topological polar surface area (TPSA) is 87.2 Å². The van der Waals surface area contributed by atoms with Crippen molar-refractivity contribution in [2.24, 2.45) is 0 Å². The first-order chi connectivity index (χ1) is 9.69. The van der Waals surface area contributed by atoms with Crippen LogP contribution in [0.1, 0.15) is 11.4 Å². The highest BCUT2D eigenvalue weighted by molar-refractivity contribution is 6.07. The SMILES string of the molecule is O=c1c2c(COCl)ncn2c(=O)c2c(COCl)ncn12. The number of imidazole rings is 2. The van der Waals surface area contributed by atoms with Crippen LogP contribution in [0.2, 0.25) is 0 Å². The number of aromatic nitrogens is 4. The summed E-state index contributed by atoms with van der Waals surface area (Å²) in [5.41, 5.74) is -0.165. The summed E-state index contributed by atoms with van der Waals surface area (Å²) in [6.45, 7) is -0.185. The summed E-state index contributed by atoms with van der Waals surface area (Å²) >= 11 is 10.3. The maximum absolute atomic E-state index is 12.4. The number of hydrogen-bond acceptors (Lipinski definition) is 6. The largest absolute Gasteiger partial charge is 0.282 e. The van der Waals surface area contributed by atoms with Crippen LogP contribution in [0.25, 0.3) is 11.0 Å². The minimum absolute atomic E-state index is 0.0927. The van der Waals surface area contributed by atoms with Gasteiger partial charge in [-0.2, -0.15) is 0 Å². The van der Waals surface area contributed by atoms with Gasteiger partial charge in [0.1, 0.15) is 36.9 Å². The quantitative estimate of drug-likeness (QED) is 0.695. The molecule has 0 bridgehead atoms. The van der Waals surface area contributed by atoms with E-state index in [0.717, 1.165) is 8.80 Å². The molecule has 3 aromatic rings. The molecule has 0 aromatic carbocycles. The second kappa shape index (κ2) is 4.98. The average molecular weight is 317 g/mol. The minimum Gasteiger partial charge on any atom is -0.273 e. The summed E-state index contributed by atoms with van der Waals surface area (Å²) in [5, 5.41) is 0. The third-order valence-electron chi connectivity index (χ3n) is 2.91. The van der Waals surface area contributed by atoms with Gasteiger partial charge in [-0.05, 0) is 0 Å². The lowest BCUT2D eigenvalue weighted by Gasteiger charge is -1.98. The fraction of sp³-hybridized carbons (Fsp3) is 0.200. The van der Waals surface area contributed by atoms with Crippen LogP contribution in [0.15, 0.2) is 22.2 Å². The van der Waals surface area contributed by atoms with Crippen LogP contribution in [-0.2, 0) is 21.8 Å². The molecule has 3 rings (SSSR count). The Balaban J connectivity index is 2.44. The molecule has 104 valence electrons. The Morgan fingerprint density at radius 3 is 1.65 bits per heavy atom. The van der Waals surface area contributed by atoms with E-state index in [4.69, 9.17) is 23.7 Å². The van der Waals surface area contributed by atoms with Crippen molar-refractivity contribution in [3.63, 3.8) is 0 Å². The van der Waals surface area contributed by atoms with Crippen LogP contribution in [0.3, 0.4) is 0 Å². The lowest BCUT2D eigenvalue weighted by molar-refractivity contribution is 0.337.